The Morgan fingerprint density at radius 2 is 2.05 bits per heavy atom. The highest BCUT2D eigenvalue weighted by Crippen LogP contribution is 2.16. The molecule has 1 amide bonds. The van der Waals surface area contributed by atoms with E-state index in [1.807, 2.05) is 0 Å². The molecule has 0 aliphatic heterocycles. The molecule has 0 aliphatic carbocycles. The number of nitrogens with one attached hydrogen (secondary N) is 1. The largest absolute Gasteiger partial charge is 0.550 e. The van der Waals surface area contributed by atoms with Crippen LogP contribution in [-0.2, 0) is 14.3 Å². The summed E-state index contributed by atoms with van der Waals surface area (Å²) in [5.74, 6) is -2.60. The predicted octanol–water partition coefficient (Wildman–Crippen LogP) is -2.52. The zero-order valence-electron chi connectivity index (χ0n) is 12.1. The van der Waals surface area contributed by atoms with E-state index in [9.17, 15) is 19.5 Å². The Hall–Kier alpha value is -2.45. The first kappa shape index (κ1) is 17.6. The van der Waals surface area contributed by atoms with Gasteiger partial charge in [-0.25, -0.2) is 4.79 Å². The monoisotopic (exact) mass is 310 g/mol. The van der Waals surface area contributed by atoms with Gasteiger partial charge in [-0.2, -0.15) is 0 Å². The summed E-state index contributed by atoms with van der Waals surface area (Å²) in [4.78, 5) is 34.5. The second-order valence-electron chi connectivity index (χ2n) is 4.46. The number of carbonyl (C=O) groups is 3. The number of quaternary nitrogens is 1. The highest BCUT2D eigenvalue weighted by molar-refractivity contribution is 6.02. The van der Waals surface area contributed by atoms with Crippen LogP contribution in [0.2, 0.25) is 0 Å². The van der Waals surface area contributed by atoms with Crippen LogP contribution in [-0.4, -0.2) is 49.3 Å². The molecule has 0 spiro atoms. The van der Waals surface area contributed by atoms with Gasteiger partial charge in [-0.15, -0.1) is 0 Å². The molecule has 0 fully saturated rings. The maximum absolute atomic E-state index is 12.1. The van der Waals surface area contributed by atoms with Crippen molar-refractivity contribution in [1.29, 1.82) is 0 Å². The van der Waals surface area contributed by atoms with E-state index in [1.54, 1.807) is 12.1 Å². The van der Waals surface area contributed by atoms with Crippen LogP contribution in [0, 0.1) is 0 Å². The second-order valence-corrected chi connectivity index (χ2v) is 4.46. The lowest BCUT2D eigenvalue weighted by Crippen LogP contribution is -2.93. The normalized spacial score (nSPS) is 11.5. The number of benzene rings is 1. The molecule has 0 heterocycles. The van der Waals surface area contributed by atoms with E-state index >= 15 is 0 Å². The van der Waals surface area contributed by atoms with Crippen LogP contribution in [0.4, 0.5) is 5.69 Å². The maximum atomic E-state index is 12.1. The third-order valence-corrected chi connectivity index (χ3v) is 2.89. The first-order valence-electron chi connectivity index (χ1n) is 6.61. The first-order chi connectivity index (χ1) is 10.5. The molecule has 0 aliphatic rings. The number of aliphatic hydroxyl groups is 1. The minimum atomic E-state index is -1.38. The molecule has 8 nitrogen and oxygen atoms in total. The van der Waals surface area contributed by atoms with Gasteiger partial charge >= 0.3 is 5.97 Å². The van der Waals surface area contributed by atoms with Gasteiger partial charge < -0.3 is 30.4 Å². The van der Waals surface area contributed by atoms with Gasteiger partial charge in [0.2, 0.25) is 0 Å². The Balaban J connectivity index is 2.88. The molecule has 0 unspecified atom stereocenters. The zero-order valence-corrected chi connectivity index (χ0v) is 12.1. The minimum Gasteiger partial charge on any atom is -0.550 e. The summed E-state index contributed by atoms with van der Waals surface area (Å²) in [5, 5.41) is 23.4. The van der Waals surface area contributed by atoms with Crippen molar-refractivity contribution in [3.63, 3.8) is 0 Å². The highest BCUT2D eigenvalue weighted by atomic mass is 16.5. The van der Waals surface area contributed by atoms with E-state index in [0.29, 0.717) is 0 Å². The molecule has 1 aromatic rings. The summed E-state index contributed by atoms with van der Waals surface area (Å²) < 4.78 is 4.61. The number of para-hydroxylation sites is 1. The smallest absolute Gasteiger partial charge is 0.339 e. The van der Waals surface area contributed by atoms with Crippen LogP contribution in [0.5, 0.6) is 0 Å². The van der Waals surface area contributed by atoms with Crippen molar-refractivity contribution in [2.45, 2.75) is 12.5 Å². The molecule has 120 valence electrons. The number of esters is 1. The number of amides is 1. The standard InChI is InChI=1S/C14H18N2O6/c1-22-14(21)9-4-2-3-5-10(9)16-13(20)11(8-12(18)19)15-6-7-17/h2-5,11,15,17H,6-8H2,1H3,(H,16,20)(H,18,19)/t11-/m1/s1. The van der Waals surface area contributed by atoms with E-state index in [4.69, 9.17) is 5.11 Å². The fourth-order valence-corrected chi connectivity index (χ4v) is 1.84. The molecule has 4 N–H and O–H groups in total. The number of aliphatic carboxylic acids is 1. The fraction of sp³-hybridized carbons (Fsp3) is 0.357. The topological polar surface area (TPSA) is 132 Å². The molecule has 1 aromatic carbocycles. The number of hydrogen-bond acceptors (Lipinski definition) is 6. The van der Waals surface area contributed by atoms with Crippen molar-refractivity contribution in [1.82, 2.24) is 0 Å². The van der Waals surface area contributed by atoms with Crippen LogP contribution in [0.15, 0.2) is 24.3 Å². The minimum absolute atomic E-state index is 0.160. The third-order valence-electron chi connectivity index (χ3n) is 2.89. The summed E-state index contributed by atoms with van der Waals surface area (Å²) >= 11 is 0. The number of rotatable bonds is 8. The number of hydrogen-bond donors (Lipinski definition) is 3. The van der Waals surface area contributed by atoms with E-state index in [1.165, 1.54) is 24.6 Å². The Bertz CT molecular complexity index is 546. The molecule has 8 heteroatoms. The quantitative estimate of drug-likeness (QED) is 0.454. The molecule has 0 aromatic heterocycles. The average molecular weight is 310 g/mol. The van der Waals surface area contributed by atoms with Crippen LogP contribution in [0.25, 0.3) is 0 Å². The first-order valence-corrected chi connectivity index (χ1v) is 6.61. The molecule has 0 saturated carbocycles. The van der Waals surface area contributed by atoms with Gasteiger partial charge in [0.1, 0.15) is 0 Å². The average Bonchev–Trinajstić information content (AvgIpc) is 2.50. The van der Waals surface area contributed by atoms with Gasteiger partial charge in [-0.1, -0.05) is 12.1 Å². The molecule has 22 heavy (non-hydrogen) atoms. The summed E-state index contributed by atoms with van der Waals surface area (Å²) in [6, 6.07) is 5.24. The Labute approximate surface area is 127 Å². The number of ether oxygens (including phenoxy) is 1. The lowest BCUT2D eigenvalue weighted by Gasteiger charge is -2.16. The highest BCUT2D eigenvalue weighted by Gasteiger charge is 2.23. The SMILES string of the molecule is COC(=O)c1ccccc1NC(=O)[C@@H](CC(=O)[O-])[NH2+]CCO. The van der Waals surface area contributed by atoms with Crippen LogP contribution >= 0.6 is 0 Å². The lowest BCUT2D eigenvalue weighted by atomic mass is 10.1. The van der Waals surface area contributed by atoms with Crippen molar-refractivity contribution in [2.24, 2.45) is 0 Å². The van der Waals surface area contributed by atoms with Gasteiger partial charge in [0.25, 0.3) is 5.91 Å². The maximum Gasteiger partial charge on any atom is 0.339 e. The van der Waals surface area contributed by atoms with Crippen molar-refractivity contribution in [2.75, 3.05) is 25.6 Å². The van der Waals surface area contributed by atoms with Crippen LogP contribution in [0.3, 0.4) is 0 Å². The van der Waals surface area contributed by atoms with Crippen LogP contribution in [0.1, 0.15) is 16.8 Å². The van der Waals surface area contributed by atoms with E-state index in [2.05, 4.69) is 10.1 Å². The number of carbonyl (C=O) groups excluding carboxylic acids is 3. The van der Waals surface area contributed by atoms with Crippen molar-refractivity contribution < 1.29 is 34.7 Å². The van der Waals surface area contributed by atoms with E-state index in [-0.39, 0.29) is 24.4 Å². The number of nitrogens with two attached hydrogens (primary N) is 1. The van der Waals surface area contributed by atoms with Gasteiger partial charge in [0.15, 0.2) is 6.04 Å². The van der Waals surface area contributed by atoms with Crippen molar-refractivity contribution >= 4 is 23.5 Å². The summed E-state index contributed by atoms with van der Waals surface area (Å²) in [6.07, 6.45) is -0.508. The Morgan fingerprint density at radius 1 is 1.36 bits per heavy atom. The molecular weight excluding hydrogens is 292 g/mol. The summed E-state index contributed by atoms with van der Waals surface area (Å²) in [5.41, 5.74) is 0.382. The number of anilines is 1. The van der Waals surface area contributed by atoms with Crippen LogP contribution < -0.4 is 15.7 Å². The summed E-state index contributed by atoms with van der Waals surface area (Å²) in [6.45, 7) is -0.0282. The Kier molecular flexibility index (Phi) is 7.00. The van der Waals surface area contributed by atoms with E-state index in [0.717, 1.165) is 0 Å². The van der Waals surface area contributed by atoms with Crippen molar-refractivity contribution in [3.8, 4) is 0 Å². The number of carboxylic acid groups (broad SMARTS) is 1. The Morgan fingerprint density at radius 3 is 2.64 bits per heavy atom. The molecule has 0 bridgehead atoms. The van der Waals surface area contributed by atoms with Gasteiger partial charge in [-0.3, -0.25) is 4.79 Å². The fourth-order valence-electron chi connectivity index (χ4n) is 1.84. The van der Waals surface area contributed by atoms with Crippen molar-refractivity contribution in [3.05, 3.63) is 29.8 Å². The van der Waals surface area contributed by atoms with E-state index < -0.39 is 30.3 Å². The summed E-state index contributed by atoms with van der Waals surface area (Å²) in [7, 11) is 1.22. The molecule has 1 atom stereocenters. The van der Waals surface area contributed by atoms with Gasteiger partial charge in [-0.05, 0) is 12.1 Å². The third kappa shape index (κ3) is 5.15. The molecule has 0 saturated heterocycles. The molecular formula is C14H18N2O6. The zero-order chi connectivity index (χ0) is 16.5. The second kappa shape index (κ2) is 8.75. The number of methoxy groups -OCH3 is 1. The van der Waals surface area contributed by atoms with Gasteiger partial charge in [0, 0.05) is 12.4 Å². The lowest BCUT2D eigenvalue weighted by molar-refractivity contribution is -0.677. The number of carboxylic acids is 1. The predicted molar refractivity (Wildman–Crippen MR) is 73.7 cm³/mol. The molecule has 1 rings (SSSR count). The molecule has 0 radical (unpaired) electrons. The van der Waals surface area contributed by atoms with Gasteiger partial charge in [0.05, 0.1) is 31.5 Å². The number of aliphatic hydroxyl groups excluding tert-OH is 1.